The lowest BCUT2D eigenvalue weighted by Crippen LogP contribution is -2.21. The Labute approximate surface area is 111 Å². The number of guanidine groups is 1. The lowest BCUT2D eigenvalue weighted by molar-refractivity contribution is 0.309. The van der Waals surface area contributed by atoms with Crippen LogP contribution in [0.1, 0.15) is 25.3 Å². The molecule has 0 amide bonds. The number of unbranched alkanes of at least 4 members (excludes halogenated alkanes) is 1. The number of nitrogens with two attached hydrogens (primary N) is 2. The quantitative estimate of drug-likeness (QED) is 0.359. The molecule has 18 heavy (non-hydrogen) atoms. The molecule has 0 atom stereocenters. The summed E-state index contributed by atoms with van der Waals surface area (Å²) >= 11 is 5.92. The van der Waals surface area contributed by atoms with Crippen LogP contribution in [0.25, 0.3) is 0 Å². The Hall–Kier alpha value is -1.75. The molecule has 1 aromatic carbocycles. The molecular formula is C12H17ClN4O. The van der Waals surface area contributed by atoms with E-state index in [1.165, 1.54) is 6.21 Å². The van der Waals surface area contributed by atoms with Crippen LogP contribution in [0.2, 0.25) is 5.02 Å². The molecule has 0 saturated carbocycles. The van der Waals surface area contributed by atoms with Crippen molar-refractivity contribution >= 4 is 23.8 Å². The molecule has 0 radical (unpaired) electrons. The van der Waals surface area contributed by atoms with E-state index in [0.717, 1.165) is 18.4 Å². The zero-order valence-corrected chi connectivity index (χ0v) is 11.0. The van der Waals surface area contributed by atoms with Gasteiger partial charge in [0.2, 0.25) is 5.96 Å². The van der Waals surface area contributed by atoms with Gasteiger partial charge in [0, 0.05) is 10.6 Å². The monoisotopic (exact) mass is 268 g/mol. The van der Waals surface area contributed by atoms with Gasteiger partial charge in [-0.05, 0) is 24.6 Å². The molecule has 0 unspecified atom stereocenters. The van der Waals surface area contributed by atoms with Crippen molar-refractivity contribution in [1.29, 1.82) is 0 Å². The summed E-state index contributed by atoms with van der Waals surface area (Å²) in [7, 11) is 0. The van der Waals surface area contributed by atoms with Crippen molar-refractivity contribution in [2.45, 2.75) is 19.8 Å². The van der Waals surface area contributed by atoms with Crippen molar-refractivity contribution in [3.8, 4) is 5.75 Å². The first kappa shape index (κ1) is 14.3. The fourth-order valence-electron chi connectivity index (χ4n) is 1.24. The van der Waals surface area contributed by atoms with Crippen molar-refractivity contribution in [2.24, 2.45) is 21.7 Å². The molecule has 0 aliphatic heterocycles. The molecule has 5 nitrogen and oxygen atoms in total. The highest BCUT2D eigenvalue weighted by atomic mass is 35.5. The lowest BCUT2D eigenvalue weighted by atomic mass is 10.2. The third kappa shape index (κ3) is 5.05. The van der Waals surface area contributed by atoms with Gasteiger partial charge in [0.25, 0.3) is 0 Å². The summed E-state index contributed by atoms with van der Waals surface area (Å²) in [5.41, 5.74) is 11.1. The SMILES string of the molecule is CCCCOc1ccc(Cl)cc1C=NN=C(N)N. The van der Waals surface area contributed by atoms with Crippen LogP contribution >= 0.6 is 11.6 Å². The van der Waals surface area contributed by atoms with E-state index in [2.05, 4.69) is 17.1 Å². The summed E-state index contributed by atoms with van der Waals surface area (Å²) in [5.74, 6) is 0.615. The van der Waals surface area contributed by atoms with Crippen molar-refractivity contribution in [1.82, 2.24) is 0 Å². The molecule has 0 aliphatic carbocycles. The van der Waals surface area contributed by atoms with E-state index in [1.54, 1.807) is 18.2 Å². The molecule has 0 spiro atoms. The largest absolute Gasteiger partial charge is 0.493 e. The van der Waals surface area contributed by atoms with Gasteiger partial charge in [0.05, 0.1) is 12.8 Å². The number of hydrogen-bond acceptors (Lipinski definition) is 3. The number of hydrogen-bond donors (Lipinski definition) is 2. The van der Waals surface area contributed by atoms with Crippen LogP contribution in [-0.2, 0) is 0 Å². The van der Waals surface area contributed by atoms with Gasteiger partial charge in [-0.2, -0.15) is 5.10 Å². The molecule has 0 aromatic heterocycles. The number of halogens is 1. The van der Waals surface area contributed by atoms with Crippen molar-refractivity contribution < 1.29 is 4.74 Å². The molecule has 0 bridgehead atoms. The van der Waals surface area contributed by atoms with Gasteiger partial charge in [-0.15, -0.1) is 5.10 Å². The van der Waals surface area contributed by atoms with Crippen LogP contribution in [-0.4, -0.2) is 18.8 Å². The van der Waals surface area contributed by atoms with Gasteiger partial charge in [0.1, 0.15) is 5.75 Å². The molecule has 6 heteroatoms. The first-order valence-electron chi connectivity index (χ1n) is 5.67. The normalized spacial score (nSPS) is 10.6. The maximum Gasteiger partial charge on any atom is 0.211 e. The van der Waals surface area contributed by atoms with E-state index in [0.29, 0.717) is 17.4 Å². The second kappa shape index (κ2) is 7.55. The van der Waals surface area contributed by atoms with E-state index >= 15 is 0 Å². The molecule has 4 N–H and O–H groups in total. The second-order valence-corrected chi connectivity index (χ2v) is 4.09. The molecule has 1 rings (SSSR count). The first-order valence-corrected chi connectivity index (χ1v) is 6.05. The van der Waals surface area contributed by atoms with E-state index in [1.807, 2.05) is 0 Å². The van der Waals surface area contributed by atoms with Crippen LogP contribution in [0.4, 0.5) is 0 Å². The Morgan fingerprint density at radius 1 is 1.44 bits per heavy atom. The predicted molar refractivity (Wildman–Crippen MR) is 75.3 cm³/mol. The summed E-state index contributed by atoms with van der Waals surface area (Å²) in [6.45, 7) is 2.76. The predicted octanol–water partition coefficient (Wildman–Crippen LogP) is 2.13. The Morgan fingerprint density at radius 2 is 2.22 bits per heavy atom. The minimum atomic E-state index is -0.0956. The fourth-order valence-corrected chi connectivity index (χ4v) is 1.42. The fraction of sp³-hybridized carbons (Fsp3) is 0.333. The minimum absolute atomic E-state index is 0.0956. The zero-order chi connectivity index (χ0) is 13.4. The highest BCUT2D eigenvalue weighted by molar-refractivity contribution is 6.30. The van der Waals surface area contributed by atoms with Gasteiger partial charge in [-0.1, -0.05) is 24.9 Å². The van der Waals surface area contributed by atoms with E-state index in [4.69, 9.17) is 27.8 Å². The molecule has 1 aromatic rings. The summed E-state index contributed by atoms with van der Waals surface area (Å²) < 4.78 is 5.63. The van der Waals surface area contributed by atoms with E-state index < -0.39 is 0 Å². The summed E-state index contributed by atoms with van der Waals surface area (Å²) in [5, 5.41) is 7.88. The maximum atomic E-state index is 5.92. The first-order chi connectivity index (χ1) is 8.63. The minimum Gasteiger partial charge on any atom is -0.493 e. The molecule has 0 heterocycles. The van der Waals surface area contributed by atoms with Crippen LogP contribution in [0.3, 0.4) is 0 Å². The van der Waals surface area contributed by atoms with Gasteiger partial charge in [-0.25, -0.2) is 0 Å². The number of benzene rings is 1. The average molecular weight is 269 g/mol. The average Bonchev–Trinajstić information content (AvgIpc) is 2.31. The topological polar surface area (TPSA) is 86.0 Å². The smallest absolute Gasteiger partial charge is 0.211 e. The van der Waals surface area contributed by atoms with Gasteiger partial charge >= 0.3 is 0 Å². The summed E-state index contributed by atoms with van der Waals surface area (Å²) in [6.07, 6.45) is 3.57. The Kier molecular flexibility index (Phi) is 6.00. The summed E-state index contributed by atoms with van der Waals surface area (Å²) in [4.78, 5) is 0. The Bertz CT molecular complexity index is 442. The number of rotatable bonds is 6. The molecular weight excluding hydrogens is 252 g/mol. The van der Waals surface area contributed by atoms with Crippen LogP contribution in [0, 0.1) is 0 Å². The molecule has 0 fully saturated rings. The zero-order valence-electron chi connectivity index (χ0n) is 10.3. The van der Waals surface area contributed by atoms with Gasteiger partial charge in [0.15, 0.2) is 0 Å². The van der Waals surface area contributed by atoms with E-state index in [-0.39, 0.29) is 5.96 Å². The van der Waals surface area contributed by atoms with Crippen LogP contribution in [0.5, 0.6) is 5.75 Å². The van der Waals surface area contributed by atoms with Crippen LogP contribution in [0.15, 0.2) is 28.4 Å². The van der Waals surface area contributed by atoms with Crippen molar-refractivity contribution in [2.75, 3.05) is 6.61 Å². The van der Waals surface area contributed by atoms with Crippen molar-refractivity contribution in [3.05, 3.63) is 28.8 Å². The molecule has 0 saturated heterocycles. The third-order valence-electron chi connectivity index (χ3n) is 2.10. The number of nitrogens with zero attached hydrogens (tertiary/aromatic N) is 2. The van der Waals surface area contributed by atoms with Crippen molar-refractivity contribution in [3.63, 3.8) is 0 Å². The Morgan fingerprint density at radius 3 is 2.89 bits per heavy atom. The van der Waals surface area contributed by atoms with Gasteiger partial charge in [-0.3, -0.25) is 0 Å². The summed E-state index contributed by atoms with van der Waals surface area (Å²) in [6, 6.07) is 5.31. The standard InChI is InChI=1S/C12H17ClN4O/c1-2-3-6-18-11-5-4-10(13)7-9(11)8-16-17-12(14)15/h4-5,7-8H,2-3,6H2,1H3,(H4,14,15,17). The Balaban J connectivity index is 2.82. The second-order valence-electron chi connectivity index (χ2n) is 3.65. The maximum absolute atomic E-state index is 5.92. The lowest BCUT2D eigenvalue weighted by Gasteiger charge is -2.08. The highest BCUT2D eigenvalue weighted by Gasteiger charge is 2.02. The third-order valence-corrected chi connectivity index (χ3v) is 2.33. The van der Waals surface area contributed by atoms with Crippen LogP contribution < -0.4 is 16.2 Å². The number of ether oxygens (including phenoxy) is 1. The molecule has 98 valence electrons. The molecule has 0 aliphatic rings. The van der Waals surface area contributed by atoms with Gasteiger partial charge < -0.3 is 16.2 Å². The van der Waals surface area contributed by atoms with E-state index in [9.17, 15) is 0 Å². The highest BCUT2D eigenvalue weighted by Crippen LogP contribution is 2.21.